The quantitative estimate of drug-likeness (QED) is 0.616. The van der Waals surface area contributed by atoms with Gasteiger partial charge in [0.15, 0.2) is 0 Å². The molecule has 0 spiro atoms. The van der Waals surface area contributed by atoms with Crippen molar-refractivity contribution >= 4 is 33.0 Å². The molecular weight excluding hydrogens is 376 g/mol. The minimum atomic E-state index is -4.58. The Balaban J connectivity index is 2.52. The van der Waals surface area contributed by atoms with Gasteiger partial charge in [-0.3, -0.25) is 3.11 Å². The van der Waals surface area contributed by atoms with Gasteiger partial charge in [-0.05, 0) is 25.1 Å². The number of hydrogen-bond acceptors (Lipinski definition) is 3. The maximum atomic E-state index is 12.7. The third-order valence-corrected chi connectivity index (χ3v) is 4.57. The molecule has 19 heavy (non-hydrogen) atoms. The Labute approximate surface area is 117 Å². The van der Waals surface area contributed by atoms with Gasteiger partial charge in [-0.2, -0.15) is 13.2 Å². The van der Waals surface area contributed by atoms with Crippen LogP contribution in [-0.4, -0.2) is 11.1 Å². The Morgan fingerprint density at radius 1 is 1.37 bits per heavy atom. The number of anilines is 1. The van der Waals surface area contributed by atoms with Crippen molar-refractivity contribution in [3.8, 4) is 0 Å². The van der Waals surface area contributed by atoms with E-state index in [0.29, 0.717) is 6.07 Å². The highest BCUT2D eigenvalue weighted by Crippen LogP contribution is 2.37. The molecule has 0 fully saturated rings. The van der Waals surface area contributed by atoms with Gasteiger partial charge in [0.05, 0.1) is 22.5 Å². The lowest BCUT2D eigenvalue weighted by Gasteiger charge is -2.14. The second kappa shape index (κ2) is 4.91. The SMILES string of the molecule is CC1=CN(c2cc(C(=O)O)cc(C(F)(F)F)c2)I=N1. The lowest BCUT2D eigenvalue weighted by molar-refractivity contribution is -0.137. The van der Waals surface area contributed by atoms with Crippen molar-refractivity contribution in [1.82, 2.24) is 0 Å². The highest BCUT2D eigenvalue weighted by Gasteiger charge is 2.32. The molecule has 1 aliphatic heterocycles. The van der Waals surface area contributed by atoms with Gasteiger partial charge in [0, 0.05) is 6.20 Å². The van der Waals surface area contributed by atoms with Crippen LogP contribution >= 0.6 is 21.3 Å². The molecule has 1 aromatic rings. The van der Waals surface area contributed by atoms with E-state index in [1.165, 1.54) is 6.07 Å². The Morgan fingerprint density at radius 3 is 2.53 bits per heavy atom. The Kier molecular flexibility index (Phi) is 3.61. The second-order valence-corrected chi connectivity index (χ2v) is 5.77. The summed E-state index contributed by atoms with van der Waals surface area (Å²) in [5.74, 6) is -1.39. The van der Waals surface area contributed by atoms with E-state index >= 15 is 0 Å². The van der Waals surface area contributed by atoms with Gasteiger partial charge in [0.2, 0.25) is 0 Å². The van der Waals surface area contributed by atoms with Crippen molar-refractivity contribution in [2.75, 3.05) is 3.11 Å². The summed E-state index contributed by atoms with van der Waals surface area (Å²) in [5, 5.41) is 8.88. The predicted molar refractivity (Wildman–Crippen MR) is 71.1 cm³/mol. The Hall–Kier alpha value is -1.45. The Bertz CT molecular complexity index is 596. The summed E-state index contributed by atoms with van der Waals surface area (Å²) in [5.41, 5.74) is -0.418. The lowest BCUT2D eigenvalue weighted by atomic mass is 10.1. The fraction of sp³-hybridized carbons (Fsp3) is 0.182. The van der Waals surface area contributed by atoms with Crippen molar-refractivity contribution in [2.24, 2.45) is 3.15 Å². The minimum absolute atomic E-state index is 0.209. The van der Waals surface area contributed by atoms with Gasteiger partial charge in [0.25, 0.3) is 0 Å². The monoisotopic (exact) mass is 384 g/mol. The zero-order valence-corrected chi connectivity index (χ0v) is 11.7. The zero-order chi connectivity index (χ0) is 14.2. The molecule has 0 saturated heterocycles. The number of alkyl halides is 3. The van der Waals surface area contributed by atoms with Crippen LogP contribution in [0.15, 0.2) is 33.2 Å². The highest BCUT2D eigenvalue weighted by molar-refractivity contribution is 14.2. The second-order valence-electron chi connectivity index (χ2n) is 3.81. The number of nitrogens with zero attached hydrogens (tertiary/aromatic N) is 2. The van der Waals surface area contributed by atoms with Crippen molar-refractivity contribution in [2.45, 2.75) is 13.1 Å². The van der Waals surface area contributed by atoms with E-state index in [-0.39, 0.29) is 11.3 Å². The first kappa shape index (κ1) is 14.0. The van der Waals surface area contributed by atoms with Crippen LogP contribution < -0.4 is 3.11 Å². The van der Waals surface area contributed by atoms with Crippen LogP contribution in [0.1, 0.15) is 22.8 Å². The number of aromatic carboxylic acids is 1. The molecule has 0 amide bonds. The van der Waals surface area contributed by atoms with E-state index in [4.69, 9.17) is 5.11 Å². The first-order valence-corrected chi connectivity index (χ1v) is 6.99. The molecule has 1 N–H and O–H groups in total. The summed E-state index contributed by atoms with van der Waals surface area (Å²) >= 11 is -0.819. The van der Waals surface area contributed by atoms with E-state index in [0.717, 1.165) is 11.8 Å². The number of benzene rings is 1. The molecule has 8 heteroatoms. The van der Waals surface area contributed by atoms with Gasteiger partial charge in [0.1, 0.15) is 21.3 Å². The molecule has 0 aliphatic carbocycles. The van der Waals surface area contributed by atoms with E-state index < -0.39 is 39.0 Å². The van der Waals surface area contributed by atoms with Crippen LogP contribution in [0.5, 0.6) is 0 Å². The maximum Gasteiger partial charge on any atom is 0.416 e. The third-order valence-electron chi connectivity index (χ3n) is 2.29. The number of carboxylic acids is 1. The maximum absolute atomic E-state index is 12.7. The molecule has 2 rings (SSSR count). The first-order chi connectivity index (χ1) is 8.77. The lowest BCUT2D eigenvalue weighted by Crippen LogP contribution is -2.10. The third kappa shape index (κ3) is 3.11. The molecule has 102 valence electrons. The summed E-state index contributed by atoms with van der Waals surface area (Å²) in [6, 6.07) is 2.80. The van der Waals surface area contributed by atoms with Gasteiger partial charge < -0.3 is 5.11 Å². The average molecular weight is 384 g/mol. The number of allylic oxidation sites excluding steroid dienone is 1. The molecule has 4 nitrogen and oxygen atoms in total. The largest absolute Gasteiger partial charge is 0.478 e. The Morgan fingerprint density at radius 2 is 2.05 bits per heavy atom. The van der Waals surface area contributed by atoms with Crippen LogP contribution in [-0.2, 0) is 6.18 Å². The van der Waals surface area contributed by atoms with Crippen molar-refractivity contribution in [3.05, 3.63) is 41.2 Å². The fourth-order valence-electron chi connectivity index (χ4n) is 1.45. The van der Waals surface area contributed by atoms with Crippen LogP contribution in [0, 0.1) is 0 Å². The van der Waals surface area contributed by atoms with Crippen LogP contribution in [0.2, 0.25) is 0 Å². The molecule has 0 saturated carbocycles. The number of halogens is 4. The molecular formula is C11H8F3IN2O2. The molecule has 1 aromatic carbocycles. The van der Waals surface area contributed by atoms with Crippen LogP contribution in [0.4, 0.5) is 18.9 Å². The van der Waals surface area contributed by atoms with Gasteiger partial charge >= 0.3 is 12.1 Å². The van der Waals surface area contributed by atoms with Gasteiger partial charge in [-0.25, -0.2) is 7.94 Å². The molecule has 0 bridgehead atoms. The van der Waals surface area contributed by atoms with Gasteiger partial charge in [-0.15, -0.1) is 0 Å². The van der Waals surface area contributed by atoms with Crippen molar-refractivity contribution < 1.29 is 23.1 Å². The summed E-state index contributed by atoms with van der Waals surface area (Å²) in [7, 11) is 0. The van der Waals surface area contributed by atoms with E-state index in [1.807, 2.05) is 0 Å². The number of carboxylic acid groups (broad SMARTS) is 1. The van der Waals surface area contributed by atoms with E-state index in [9.17, 15) is 18.0 Å². The minimum Gasteiger partial charge on any atom is -0.478 e. The number of carbonyl (C=O) groups is 1. The number of rotatable bonds is 2. The zero-order valence-electron chi connectivity index (χ0n) is 9.57. The van der Waals surface area contributed by atoms with Crippen LogP contribution in [0.3, 0.4) is 0 Å². The normalized spacial score (nSPS) is 15.2. The summed E-state index contributed by atoms with van der Waals surface area (Å²) in [6.07, 6.45) is -2.96. The summed E-state index contributed by atoms with van der Waals surface area (Å²) < 4.78 is 43.9. The van der Waals surface area contributed by atoms with Gasteiger partial charge in [-0.1, -0.05) is 0 Å². The molecule has 0 atom stereocenters. The summed E-state index contributed by atoms with van der Waals surface area (Å²) in [6.45, 7) is 1.74. The topological polar surface area (TPSA) is 52.9 Å². The highest BCUT2D eigenvalue weighted by atomic mass is 127. The first-order valence-electron chi connectivity index (χ1n) is 5.06. The van der Waals surface area contributed by atoms with Crippen molar-refractivity contribution in [1.29, 1.82) is 0 Å². The molecule has 0 radical (unpaired) electrons. The predicted octanol–water partition coefficient (Wildman–Crippen LogP) is 4.15. The molecule has 1 heterocycles. The summed E-state index contributed by atoms with van der Waals surface area (Å²) in [4.78, 5) is 10.9. The average Bonchev–Trinajstić information content (AvgIpc) is 2.74. The van der Waals surface area contributed by atoms with Crippen LogP contribution in [0.25, 0.3) is 0 Å². The fourth-order valence-corrected chi connectivity index (χ4v) is 3.20. The standard InChI is InChI=1S/C11H8F3IN2O2/c1-6-5-17(15-16-6)9-3-7(10(18)19)2-8(4-9)11(12,13)14/h2-5H,1H3,(H,18,19). The smallest absolute Gasteiger partial charge is 0.416 e. The molecule has 0 aromatic heterocycles. The molecule has 1 aliphatic rings. The van der Waals surface area contributed by atoms with E-state index in [2.05, 4.69) is 3.15 Å². The van der Waals surface area contributed by atoms with E-state index in [1.54, 1.807) is 16.2 Å². The van der Waals surface area contributed by atoms with Crippen molar-refractivity contribution in [3.63, 3.8) is 0 Å². The molecule has 0 unspecified atom stereocenters. The number of hydrogen-bond donors (Lipinski definition) is 1.